The van der Waals surface area contributed by atoms with Gasteiger partial charge in [-0.05, 0) is 75.9 Å². The minimum atomic E-state index is -0.818. The first-order valence-corrected chi connectivity index (χ1v) is 13.3. The fourth-order valence-electron chi connectivity index (χ4n) is 3.15. The number of hydrazone groups is 1. The van der Waals surface area contributed by atoms with E-state index in [9.17, 15) is 9.59 Å². The third-order valence-electron chi connectivity index (χ3n) is 5.16. The highest BCUT2D eigenvalue weighted by Gasteiger charge is 2.24. The van der Waals surface area contributed by atoms with E-state index in [1.54, 1.807) is 36.4 Å². The van der Waals surface area contributed by atoms with Crippen LogP contribution in [-0.2, 0) is 11.4 Å². The Hall–Kier alpha value is -2.29. The lowest BCUT2D eigenvalue weighted by Crippen LogP contribution is -2.48. The normalized spacial score (nSPS) is 12.0. The molecule has 194 valence electrons. The molecule has 1 atom stereocenters. The molecule has 2 N–H and O–H groups in total. The van der Waals surface area contributed by atoms with Gasteiger partial charge in [0.25, 0.3) is 11.8 Å². The van der Waals surface area contributed by atoms with Gasteiger partial charge in [0, 0.05) is 21.2 Å². The molecule has 37 heavy (non-hydrogen) atoms. The van der Waals surface area contributed by atoms with E-state index in [1.807, 2.05) is 13.8 Å². The molecule has 0 heterocycles. The molecule has 2 amide bonds. The molecule has 6 nitrogen and oxygen atoms in total. The number of carbonyl (C=O) groups excluding carboxylic acids is 2. The molecule has 0 aliphatic heterocycles. The van der Waals surface area contributed by atoms with Gasteiger partial charge in [-0.2, -0.15) is 5.10 Å². The molecule has 3 aromatic rings. The van der Waals surface area contributed by atoms with Crippen molar-refractivity contribution in [1.82, 2.24) is 10.7 Å². The Labute approximate surface area is 243 Å². The predicted octanol–water partition coefficient (Wildman–Crippen LogP) is 7.55. The molecule has 0 saturated carbocycles. The van der Waals surface area contributed by atoms with Crippen LogP contribution in [0.25, 0.3) is 0 Å². The maximum absolute atomic E-state index is 12.7. The number of halogens is 5. The van der Waals surface area contributed by atoms with Crippen LogP contribution >= 0.6 is 62.3 Å². The van der Waals surface area contributed by atoms with Gasteiger partial charge in [0.15, 0.2) is 0 Å². The van der Waals surface area contributed by atoms with Gasteiger partial charge in [0.05, 0.1) is 20.7 Å². The average Bonchev–Trinajstić information content (AvgIpc) is 2.84. The number of benzene rings is 3. The Morgan fingerprint density at radius 3 is 2.38 bits per heavy atom. The lowest BCUT2D eigenvalue weighted by atomic mass is 10.0. The molecule has 0 aliphatic carbocycles. The molecule has 0 bridgehead atoms. The Morgan fingerprint density at radius 1 is 0.973 bits per heavy atom. The minimum absolute atomic E-state index is 0.193. The van der Waals surface area contributed by atoms with Crippen LogP contribution in [0.15, 0.2) is 64.2 Å². The molecule has 0 radical (unpaired) electrons. The zero-order valence-corrected chi connectivity index (χ0v) is 24.3. The number of rotatable bonds is 9. The van der Waals surface area contributed by atoms with Crippen molar-refractivity contribution in [2.24, 2.45) is 11.0 Å². The van der Waals surface area contributed by atoms with Crippen LogP contribution in [0.1, 0.15) is 35.3 Å². The van der Waals surface area contributed by atoms with Crippen molar-refractivity contribution in [3.63, 3.8) is 0 Å². The van der Waals surface area contributed by atoms with Crippen molar-refractivity contribution in [2.45, 2.75) is 26.5 Å². The zero-order valence-electron chi connectivity index (χ0n) is 19.7. The van der Waals surface area contributed by atoms with Crippen molar-refractivity contribution in [3.05, 3.63) is 95.9 Å². The number of carbonyl (C=O) groups is 2. The SMILES string of the molecule is CC(C)C(NC(=O)c1ccc(Cl)c(Cl)c1)C(=O)N/N=C/c1ccc(OCc2ccc(Cl)cc2Cl)c(Br)c1. The largest absolute Gasteiger partial charge is 0.488 e. The van der Waals surface area contributed by atoms with E-state index in [4.69, 9.17) is 51.1 Å². The van der Waals surface area contributed by atoms with Crippen molar-refractivity contribution < 1.29 is 14.3 Å². The number of hydrogen-bond donors (Lipinski definition) is 2. The summed E-state index contributed by atoms with van der Waals surface area (Å²) < 4.78 is 6.54. The van der Waals surface area contributed by atoms with E-state index in [0.29, 0.717) is 36.4 Å². The van der Waals surface area contributed by atoms with Crippen LogP contribution in [0, 0.1) is 5.92 Å². The maximum Gasteiger partial charge on any atom is 0.262 e. The Balaban J connectivity index is 1.59. The standard InChI is InChI=1S/C26H22BrCl4N3O3/c1-14(2)24(33-25(35)16-5-7-20(29)22(31)10-16)26(36)34-32-12-15-3-8-23(19(27)9-15)37-13-17-4-6-18(28)11-21(17)30/h3-12,14,24H,13H2,1-2H3,(H,33,35)(H,34,36)/b32-12+. The van der Waals surface area contributed by atoms with Crippen LogP contribution in [-0.4, -0.2) is 24.1 Å². The summed E-state index contributed by atoms with van der Waals surface area (Å²) in [6.45, 7) is 3.90. The summed E-state index contributed by atoms with van der Waals surface area (Å²) in [4.78, 5) is 25.3. The van der Waals surface area contributed by atoms with Gasteiger partial charge in [0.1, 0.15) is 18.4 Å². The van der Waals surface area contributed by atoms with Gasteiger partial charge in [-0.3, -0.25) is 9.59 Å². The smallest absolute Gasteiger partial charge is 0.262 e. The fraction of sp³-hybridized carbons (Fsp3) is 0.192. The summed E-state index contributed by atoms with van der Waals surface area (Å²) in [6, 6.07) is 14.2. The molecule has 0 saturated heterocycles. The van der Waals surface area contributed by atoms with Gasteiger partial charge >= 0.3 is 0 Å². The molecule has 0 fully saturated rings. The van der Waals surface area contributed by atoms with E-state index in [0.717, 1.165) is 5.56 Å². The van der Waals surface area contributed by atoms with Gasteiger partial charge in [0.2, 0.25) is 0 Å². The van der Waals surface area contributed by atoms with Crippen LogP contribution in [0.2, 0.25) is 20.1 Å². The second-order valence-electron chi connectivity index (χ2n) is 8.27. The fourth-order valence-corrected chi connectivity index (χ4v) is 4.42. The predicted molar refractivity (Wildman–Crippen MR) is 153 cm³/mol. The van der Waals surface area contributed by atoms with E-state index >= 15 is 0 Å². The number of ether oxygens (including phenoxy) is 1. The molecule has 0 spiro atoms. The summed E-state index contributed by atoms with van der Waals surface area (Å²) in [7, 11) is 0. The molecule has 0 aromatic heterocycles. The summed E-state index contributed by atoms with van der Waals surface area (Å²) >= 11 is 27.5. The molecule has 3 aromatic carbocycles. The van der Waals surface area contributed by atoms with E-state index in [2.05, 4.69) is 31.8 Å². The first-order chi connectivity index (χ1) is 17.5. The molecular formula is C26H22BrCl4N3O3. The topological polar surface area (TPSA) is 79.8 Å². The van der Waals surface area contributed by atoms with Gasteiger partial charge in [-0.25, -0.2) is 5.43 Å². The van der Waals surface area contributed by atoms with Gasteiger partial charge < -0.3 is 10.1 Å². The quantitative estimate of drug-likeness (QED) is 0.186. The Kier molecular flexibility index (Phi) is 10.7. The Morgan fingerprint density at radius 2 is 1.73 bits per heavy atom. The summed E-state index contributed by atoms with van der Waals surface area (Å²) in [5, 5.41) is 8.41. The van der Waals surface area contributed by atoms with Gasteiger partial charge in [-0.15, -0.1) is 0 Å². The maximum atomic E-state index is 12.7. The summed E-state index contributed by atoms with van der Waals surface area (Å²) in [5.41, 5.74) is 4.29. The van der Waals surface area contributed by atoms with E-state index in [1.165, 1.54) is 24.4 Å². The number of amides is 2. The van der Waals surface area contributed by atoms with Crippen molar-refractivity contribution >= 4 is 80.4 Å². The van der Waals surface area contributed by atoms with Crippen molar-refractivity contribution in [3.8, 4) is 5.75 Å². The highest BCUT2D eigenvalue weighted by molar-refractivity contribution is 9.10. The second kappa shape index (κ2) is 13.5. The van der Waals surface area contributed by atoms with Crippen LogP contribution < -0.4 is 15.5 Å². The molecule has 1 unspecified atom stereocenters. The molecule has 11 heteroatoms. The first-order valence-electron chi connectivity index (χ1n) is 11.0. The molecule has 3 rings (SSSR count). The molecular weight excluding hydrogens is 624 g/mol. The lowest BCUT2D eigenvalue weighted by molar-refractivity contribution is -0.123. The van der Waals surface area contributed by atoms with E-state index in [-0.39, 0.29) is 17.5 Å². The van der Waals surface area contributed by atoms with Crippen LogP contribution in [0.5, 0.6) is 5.75 Å². The highest BCUT2D eigenvalue weighted by Crippen LogP contribution is 2.28. The average molecular weight is 646 g/mol. The Bertz CT molecular complexity index is 1330. The number of nitrogens with zero attached hydrogens (tertiary/aromatic N) is 1. The minimum Gasteiger partial charge on any atom is -0.488 e. The van der Waals surface area contributed by atoms with E-state index < -0.39 is 17.9 Å². The zero-order chi connectivity index (χ0) is 27.1. The van der Waals surface area contributed by atoms with Crippen LogP contribution in [0.4, 0.5) is 0 Å². The number of nitrogens with one attached hydrogen (secondary N) is 2. The van der Waals surface area contributed by atoms with Crippen molar-refractivity contribution in [2.75, 3.05) is 0 Å². The van der Waals surface area contributed by atoms with Gasteiger partial charge in [-0.1, -0.05) is 66.3 Å². The van der Waals surface area contributed by atoms with Crippen molar-refractivity contribution in [1.29, 1.82) is 0 Å². The second-order valence-corrected chi connectivity index (χ2v) is 10.8. The monoisotopic (exact) mass is 643 g/mol. The summed E-state index contributed by atoms with van der Waals surface area (Å²) in [6.07, 6.45) is 1.49. The third-order valence-corrected chi connectivity index (χ3v) is 7.11. The first kappa shape index (κ1) is 29.3. The number of hydrogen-bond acceptors (Lipinski definition) is 4. The lowest BCUT2D eigenvalue weighted by Gasteiger charge is -2.20. The third kappa shape index (κ3) is 8.35. The highest BCUT2D eigenvalue weighted by atomic mass is 79.9. The summed E-state index contributed by atoms with van der Waals surface area (Å²) in [5.74, 6) is -0.493. The molecule has 0 aliphatic rings. The van der Waals surface area contributed by atoms with Crippen LogP contribution in [0.3, 0.4) is 0 Å².